The highest BCUT2D eigenvalue weighted by Crippen LogP contribution is 2.43. The van der Waals surface area contributed by atoms with Gasteiger partial charge in [-0.3, -0.25) is 4.90 Å². The Labute approximate surface area is 84.7 Å². The summed E-state index contributed by atoms with van der Waals surface area (Å²) < 4.78 is 5.03. The lowest BCUT2D eigenvalue weighted by molar-refractivity contribution is 0.134. The van der Waals surface area contributed by atoms with Crippen molar-refractivity contribution in [3.05, 3.63) is 11.8 Å². The second-order valence-electron chi connectivity index (χ2n) is 4.03. The predicted molar refractivity (Wildman–Crippen MR) is 53.8 cm³/mol. The molecule has 14 heavy (non-hydrogen) atoms. The molecular weight excluding hydrogens is 178 g/mol. The van der Waals surface area contributed by atoms with Gasteiger partial charge in [-0.1, -0.05) is 25.8 Å². The monoisotopic (exact) mass is 195 g/mol. The average Bonchev–Trinajstić information content (AvgIpc) is 2.78. The average molecular weight is 195 g/mol. The summed E-state index contributed by atoms with van der Waals surface area (Å²) in [6.45, 7) is 4.15. The van der Waals surface area contributed by atoms with Gasteiger partial charge in [0.05, 0.1) is 0 Å². The molecule has 2 heterocycles. The van der Waals surface area contributed by atoms with Crippen LogP contribution in [0, 0.1) is 0 Å². The van der Waals surface area contributed by atoms with Crippen LogP contribution in [0.3, 0.4) is 0 Å². The van der Waals surface area contributed by atoms with Gasteiger partial charge in [-0.25, -0.2) is 4.79 Å². The first-order valence-electron chi connectivity index (χ1n) is 5.45. The number of ether oxygens (including phenoxy) is 1. The van der Waals surface area contributed by atoms with Crippen LogP contribution >= 0.6 is 0 Å². The van der Waals surface area contributed by atoms with Gasteiger partial charge in [-0.05, 0) is 19.8 Å². The fourth-order valence-corrected chi connectivity index (χ4v) is 2.04. The molecule has 0 unspecified atom stereocenters. The largest absolute Gasteiger partial charge is 0.443 e. The van der Waals surface area contributed by atoms with Gasteiger partial charge in [0, 0.05) is 5.70 Å². The van der Waals surface area contributed by atoms with Crippen LogP contribution in [0.15, 0.2) is 11.8 Å². The molecule has 2 rings (SSSR count). The van der Waals surface area contributed by atoms with Crippen molar-refractivity contribution in [3.8, 4) is 0 Å². The van der Waals surface area contributed by atoms with Crippen LogP contribution in [0.1, 0.15) is 39.5 Å². The van der Waals surface area contributed by atoms with Crippen LogP contribution in [-0.4, -0.2) is 23.1 Å². The smallest absolute Gasteiger partial charge is 0.415 e. The first-order chi connectivity index (χ1) is 6.75. The zero-order valence-corrected chi connectivity index (χ0v) is 8.82. The molecule has 1 amide bonds. The van der Waals surface area contributed by atoms with Gasteiger partial charge in [0.1, 0.15) is 12.1 Å². The molecule has 78 valence electrons. The summed E-state index contributed by atoms with van der Waals surface area (Å²) in [7, 11) is 0. The summed E-state index contributed by atoms with van der Waals surface area (Å²) in [5.74, 6) is 0. The van der Waals surface area contributed by atoms with E-state index in [1.54, 1.807) is 4.90 Å². The first kappa shape index (κ1) is 9.56. The van der Waals surface area contributed by atoms with E-state index in [9.17, 15) is 4.79 Å². The minimum atomic E-state index is -0.163. The molecule has 2 aliphatic rings. The zero-order valence-electron chi connectivity index (χ0n) is 8.82. The lowest BCUT2D eigenvalue weighted by atomic mass is 10.2. The molecule has 0 aliphatic carbocycles. The predicted octanol–water partition coefficient (Wildman–Crippen LogP) is 2.67. The number of carbonyl (C=O) groups excluding carboxylic acids is 1. The van der Waals surface area contributed by atoms with E-state index in [1.807, 2.05) is 6.92 Å². The van der Waals surface area contributed by atoms with Crippen LogP contribution in [0.5, 0.6) is 0 Å². The van der Waals surface area contributed by atoms with E-state index in [0.29, 0.717) is 0 Å². The highest BCUT2D eigenvalue weighted by Gasteiger charge is 2.56. The maximum Gasteiger partial charge on any atom is 0.415 e. The van der Waals surface area contributed by atoms with Crippen molar-refractivity contribution in [1.29, 1.82) is 0 Å². The third kappa shape index (κ3) is 1.51. The molecule has 2 saturated heterocycles. The van der Waals surface area contributed by atoms with E-state index < -0.39 is 0 Å². The molecule has 2 fully saturated rings. The molecule has 0 saturated carbocycles. The molecule has 0 radical (unpaired) electrons. The van der Waals surface area contributed by atoms with Gasteiger partial charge < -0.3 is 4.74 Å². The van der Waals surface area contributed by atoms with Crippen LogP contribution in [0.4, 0.5) is 4.79 Å². The number of amides is 1. The van der Waals surface area contributed by atoms with Crippen molar-refractivity contribution in [3.63, 3.8) is 0 Å². The fourth-order valence-electron chi connectivity index (χ4n) is 2.04. The third-order valence-corrected chi connectivity index (χ3v) is 2.88. The molecular formula is C11H17NO2. The lowest BCUT2D eigenvalue weighted by Crippen LogP contribution is -2.10. The van der Waals surface area contributed by atoms with Crippen LogP contribution < -0.4 is 0 Å². The van der Waals surface area contributed by atoms with Gasteiger partial charge in [0.2, 0.25) is 0 Å². The number of hydrogen-bond acceptors (Lipinski definition) is 2. The van der Waals surface area contributed by atoms with Crippen molar-refractivity contribution in [2.24, 2.45) is 0 Å². The molecule has 2 atom stereocenters. The Balaban J connectivity index is 1.82. The van der Waals surface area contributed by atoms with Crippen molar-refractivity contribution in [2.45, 2.75) is 51.7 Å². The topological polar surface area (TPSA) is 29.3 Å². The second kappa shape index (κ2) is 3.64. The maximum absolute atomic E-state index is 11.2. The van der Waals surface area contributed by atoms with Gasteiger partial charge >= 0.3 is 6.09 Å². The summed E-state index contributed by atoms with van der Waals surface area (Å²) in [4.78, 5) is 12.9. The van der Waals surface area contributed by atoms with E-state index in [-0.39, 0.29) is 18.2 Å². The number of nitrogens with zero attached hydrogens (tertiary/aromatic N) is 1. The number of fused-ring (bicyclic) bond motifs is 1. The van der Waals surface area contributed by atoms with E-state index >= 15 is 0 Å². The molecule has 0 N–H and O–H groups in total. The standard InChI is InChI=1S/C11H17NO2/c1-3-4-5-6-7-9-10-8(2)14-11(13)12(9)10/h7-8,10H,3-6H2,1-2H3/b9-7-/t8-,10-,12?/m0/s1. The summed E-state index contributed by atoms with van der Waals surface area (Å²) in [5, 5.41) is 0. The highest BCUT2D eigenvalue weighted by molar-refractivity contribution is 5.80. The molecule has 0 bridgehead atoms. The maximum atomic E-state index is 11.2. The Morgan fingerprint density at radius 2 is 2.29 bits per heavy atom. The molecule has 3 nitrogen and oxygen atoms in total. The van der Waals surface area contributed by atoms with Crippen molar-refractivity contribution >= 4 is 6.09 Å². The summed E-state index contributed by atoms with van der Waals surface area (Å²) in [6.07, 6.45) is 6.92. The van der Waals surface area contributed by atoms with Gasteiger partial charge in [-0.15, -0.1) is 0 Å². The third-order valence-electron chi connectivity index (χ3n) is 2.88. The molecule has 0 spiro atoms. The van der Waals surface area contributed by atoms with E-state index in [1.165, 1.54) is 25.0 Å². The van der Waals surface area contributed by atoms with Crippen molar-refractivity contribution in [1.82, 2.24) is 4.90 Å². The minimum absolute atomic E-state index is 0.0555. The fraction of sp³-hybridized carbons (Fsp3) is 0.727. The SMILES string of the molecule is CCCCC/C=C1/[C@@H]2[C@H](C)OC(=O)N12. The van der Waals surface area contributed by atoms with Crippen molar-refractivity contribution < 1.29 is 9.53 Å². The number of unbranched alkanes of at least 4 members (excludes halogenated alkanes) is 3. The summed E-state index contributed by atoms with van der Waals surface area (Å²) >= 11 is 0. The van der Waals surface area contributed by atoms with Crippen molar-refractivity contribution in [2.75, 3.05) is 0 Å². The Morgan fingerprint density at radius 3 is 2.86 bits per heavy atom. The molecule has 0 aromatic rings. The number of rotatable bonds is 4. The van der Waals surface area contributed by atoms with E-state index in [0.717, 1.165) is 6.42 Å². The summed E-state index contributed by atoms with van der Waals surface area (Å²) in [6, 6.07) is 0.268. The number of allylic oxidation sites excluding steroid dienone is 1. The minimum Gasteiger partial charge on any atom is -0.443 e. The molecule has 3 heteroatoms. The van der Waals surface area contributed by atoms with E-state index in [4.69, 9.17) is 4.74 Å². The molecule has 2 aliphatic heterocycles. The van der Waals surface area contributed by atoms with Gasteiger partial charge in [0.15, 0.2) is 0 Å². The van der Waals surface area contributed by atoms with E-state index in [2.05, 4.69) is 13.0 Å². The number of cyclic esters (lactones) is 1. The Kier molecular flexibility index (Phi) is 2.48. The zero-order chi connectivity index (χ0) is 10.1. The van der Waals surface area contributed by atoms with Gasteiger partial charge in [0.25, 0.3) is 0 Å². The molecule has 0 aromatic carbocycles. The van der Waals surface area contributed by atoms with Crippen LogP contribution in [-0.2, 0) is 4.74 Å². The Morgan fingerprint density at radius 1 is 1.50 bits per heavy atom. The highest BCUT2D eigenvalue weighted by atomic mass is 16.6. The number of hydrogen-bond donors (Lipinski definition) is 0. The quantitative estimate of drug-likeness (QED) is 0.510. The Hall–Kier alpha value is -0.990. The molecule has 0 aromatic heterocycles. The first-order valence-corrected chi connectivity index (χ1v) is 5.45. The Bertz CT molecular complexity index is 272. The lowest BCUT2D eigenvalue weighted by Gasteiger charge is -2.02. The van der Waals surface area contributed by atoms with Gasteiger partial charge in [-0.2, -0.15) is 0 Å². The summed E-state index contributed by atoms with van der Waals surface area (Å²) in [5.41, 5.74) is 1.19. The number of carbonyl (C=O) groups is 1. The normalized spacial score (nSPS) is 32.0. The van der Waals surface area contributed by atoms with Crippen LogP contribution in [0.25, 0.3) is 0 Å². The second-order valence-corrected chi connectivity index (χ2v) is 4.03. The van der Waals surface area contributed by atoms with Crippen LogP contribution in [0.2, 0.25) is 0 Å².